The lowest BCUT2D eigenvalue weighted by Gasteiger charge is -2.12. The van der Waals surface area contributed by atoms with Crippen LogP contribution in [0.25, 0.3) is 0 Å². The first kappa shape index (κ1) is 12.4. The number of hydrogen-bond acceptors (Lipinski definition) is 3. The number of halogens is 1. The van der Waals surface area contributed by atoms with E-state index in [1.165, 1.54) is 22.8 Å². The van der Waals surface area contributed by atoms with Crippen molar-refractivity contribution in [1.82, 2.24) is 4.57 Å². The van der Waals surface area contributed by atoms with E-state index in [1.54, 1.807) is 18.3 Å². The number of fused-ring (bicyclic) bond motifs is 1. The molecule has 0 fully saturated rings. The molecule has 3 rings (SSSR count). The topological polar surface area (TPSA) is 55.0 Å². The van der Waals surface area contributed by atoms with Crippen molar-refractivity contribution in [1.29, 1.82) is 5.26 Å². The van der Waals surface area contributed by atoms with Gasteiger partial charge in [-0.3, -0.25) is 4.79 Å². The highest BCUT2D eigenvalue weighted by Gasteiger charge is 2.24. The fourth-order valence-electron chi connectivity index (χ4n) is 2.38. The smallest absolute Gasteiger partial charge is 0.268 e. The van der Waals surface area contributed by atoms with Crippen LogP contribution < -0.4 is 10.3 Å². The minimum atomic E-state index is -0.333. The fraction of sp³-hybridized carbons (Fsp3) is 0.200. The van der Waals surface area contributed by atoms with Gasteiger partial charge in [-0.05, 0) is 30.3 Å². The number of ether oxygens (including phenoxy) is 1. The van der Waals surface area contributed by atoms with Gasteiger partial charge in [-0.2, -0.15) is 5.26 Å². The summed E-state index contributed by atoms with van der Waals surface area (Å²) < 4.78 is 20.3. The molecule has 0 saturated heterocycles. The number of pyridine rings is 1. The molecule has 1 aliphatic heterocycles. The molecule has 0 aliphatic carbocycles. The van der Waals surface area contributed by atoms with Crippen LogP contribution in [0.5, 0.6) is 5.75 Å². The standard InChI is InChI=1S/C15H11FN2O2/c16-12-3-4-14-11(6-12)7-13(20-14)9-18-5-1-2-10(8-17)15(18)19/h1-6,13H,7,9H2. The molecule has 0 N–H and O–H groups in total. The lowest BCUT2D eigenvalue weighted by atomic mass is 10.1. The molecular weight excluding hydrogens is 259 g/mol. The Morgan fingerprint density at radius 3 is 3.10 bits per heavy atom. The largest absolute Gasteiger partial charge is 0.488 e. The van der Waals surface area contributed by atoms with Gasteiger partial charge in [-0.25, -0.2) is 4.39 Å². The first-order chi connectivity index (χ1) is 9.67. The van der Waals surface area contributed by atoms with Gasteiger partial charge in [0.05, 0.1) is 6.54 Å². The first-order valence-electron chi connectivity index (χ1n) is 6.22. The molecule has 2 heterocycles. The van der Waals surface area contributed by atoms with Crippen molar-refractivity contribution in [3.05, 3.63) is 63.8 Å². The van der Waals surface area contributed by atoms with E-state index in [-0.39, 0.29) is 23.0 Å². The van der Waals surface area contributed by atoms with E-state index in [9.17, 15) is 9.18 Å². The summed E-state index contributed by atoms with van der Waals surface area (Å²) in [7, 11) is 0. The van der Waals surface area contributed by atoms with Gasteiger partial charge in [0, 0.05) is 18.2 Å². The second-order valence-corrected chi connectivity index (χ2v) is 4.69. The van der Waals surface area contributed by atoms with E-state index in [2.05, 4.69) is 0 Å². The summed E-state index contributed by atoms with van der Waals surface area (Å²) >= 11 is 0. The predicted octanol–water partition coefficient (Wildman–Crippen LogP) is 1.86. The Morgan fingerprint density at radius 2 is 2.30 bits per heavy atom. The predicted molar refractivity (Wildman–Crippen MR) is 69.9 cm³/mol. The Balaban J connectivity index is 1.82. The molecule has 1 unspecified atom stereocenters. The summed E-state index contributed by atoms with van der Waals surface area (Å²) in [5, 5.41) is 8.84. The van der Waals surface area contributed by atoms with E-state index in [4.69, 9.17) is 10.00 Å². The minimum Gasteiger partial charge on any atom is -0.488 e. The normalized spacial score (nSPS) is 16.3. The Labute approximate surface area is 114 Å². The van der Waals surface area contributed by atoms with E-state index in [0.717, 1.165) is 5.56 Å². The Kier molecular flexibility index (Phi) is 2.99. The molecule has 1 atom stereocenters. The molecule has 20 heavy (non-hydrogen) atoms. The highest BCUT2D eigenvalue weighted by molar-refractivity contribution is 5.37. The zero-order chi connectivity index (χ0) is 14.1. The zero-order valence-electron chi connectivity index (χ0n) is 10.5. The molecule has 0 spiro atoms. The Bertz CT molecular complexity index is 761. The molecule has 1 aromatic carbocycles. The maximum atomic E-state index is 13.1. The van der Waals surface area contributed by atoms with Crippen molar-refractivity contribution < 1.29 is 9.13 Å². The fourth-order valence-corrected chi connectivity index (χ4v) is 2.38. The number of rotatable bonds is 2. The molecule has 100 valence electrons. The third-order valence-electron chi connectivity index (χ3n) is 3.30. The van der Waals surface area contributed by atoms with Gasteiger partial charge in [0.1, 0.15) is 29.3 Å². The summed E-state index contributed by atoms with van der Waals surface area (Å²) in [6.07, 6.45) is 1.95. The van der Waals surface area contributed by atoms with Gasteiger partial charge in [-0.15, -0.1) is 0 Å². The van der Waals surface area contributed by atoms with Gasteiger partial charge in [0.25, 0.3) is 5.56 Å². The highest BCUT2D eigenvalue weighted by atomic mass is 19.1. The van der Waals surface area contributed by atoms with Gasteiger partial charge >= 0.3 is 0 Å². The number of hydrogen-bond donors (Lipinski definition) is 0. The summed E-state index contributed by atoms with van der Waals surface area (Å²) in [6.45, 7) is 0.338. The van der Waals surface area contributed by atoms with Crippen LogP contribution in [0.4, 0.5) is 4.39 Å². The molecule has 5 heteroatoms. The Hall–Kier alpha value is -2.61. The van der Waals surface area contributed by atoms with E-state index < -0.39 is 0 Å². The molecular formula is C15H11FN2O2. The maximum absolute atomic E-state index is 13.1. The van der Waals surface area contributed by atoms with Crippen LogP contribution in [-0.2, 0) is 13.0 Å². The molecule has 1 aliphatic rings. The van der Waals surface area contributed by atoms with E-state index >= 15 is 0 Å². The van der Waals surface area contributed by atoms with E-state index in [1.807, 2.05) is 6.07 Å². The summed E-state index contributed by atoms with van der Waals surface area (Å²) in [6, 6.07) is 9.40. The van der Waals surface area contributed by atoms with Crippen LogP contribution in [0, 0.1) is 17.1 Å². The zero-order valence-corrected chi connectivity index (χ0v) is 10.5. The molecule has 0 radical (unpaired) electrons. The number of nitriles is 1. The molecule has 2 aromatic rings. The lowest BCUT2D eigenvalue weighted by Crippen LogP contribution is -2.29. The van der Waals surface area contributed by atoms with Gasteiger partial charge in [-0.1, -0.05) is 0 Å². The van der Waals surface area contributed by atoms with Crippen LogP contribution in [0.15, 0.2) is 41.3 Å². The van der Waals surface area contributed by atoms with Crippen molar-refractivity contribution in [2.75, 3.05) is 0 Å². The SMILES string of the molecule is N#Cc1cccn(CC2Cc3cc(F)ccc3O2)c1=O. The van der Waals surface area contributed by atoms with Crippen LogP contribution in [0.3, 0.4) is 0 Å². The average Bonchev–Trinajstić information content (AvgIpc) is 2.82. The molecule has 4 nitrogen and oxygen atoms in total. The summed E-state index contributed by atoms with van der Waals surface area (Å²) in [5.74, 6) is 0.359. The third kappa shape index (κ3) is 2.16. The maximum Gasteiger partial charge on any atom is 0.268 e. The number of aromatic nitrogens is 1. The van der Waals surface area contributed by atoms with Crippen molar-refractivity contribution in [2.24, 2.45) is 0 Å². The van der Waals surface area contributed by atoms with Crippen molar-refractivity contribution >= 4 is 0 Å². The van der Waals surface area contributed by atoms with Crippen LogP contribution in [-0.4, -0.2) is 10.7 Å². The Morgan fingerprint density at radius 1 is 1.45 bits per heavy atom. The highest BCUT2D eigenvalue weighted by Crippen LogP contribution is 2.29. The van der Waals surface area contributed by atoms with Crippen LogP contribution in [0.2, 0.25) is 0 Å². The quantitative estimate of drug-likeness (QED) is 0.837. The molecule has 1 aromatic heterocycles. The van der Waals surface area contributed by atoms with Crippen molar-refractivity contribution in [2.45, 2.75) is 19.1 Å². The molecule has 0 amide bonds. The van der Waals surface area contributed by atoms with Gasteiger partial charge < -0.3 is 9.30 Å². The van der Waals surface area contributed by atoms with Crippen molar-refractivity contribution in [3.63, 3.8) is 0 Å². The summed E-state index contributed by atoms with van der Waals surface area (Å²) in [5.41, 5.74) is 0.578. The summed E-state index contributed by atoms with van der Waals surface area (Å²) in [4.78, 5) is 11.9. The first-order valence-corrected chi connectivity index (χ1v) is 6.22. The van der Waals surface area contributed by atoms with Crippen molar-refractivity contribution in [3.8, 4) is 11.8 Å². The van der Waals surface area contributed by atoms with Gasteiger partial charge in [0.2, 0.25) is 0 Å². The monoisotopic (exact) mass is 270 g/mol. The lowest BCUT2D eigenvalue weighted by molar-refractivity contribution is 0.207. The molecule has 0 bridgehead atoms. The second kappa shape index (κ2) is 4.82. The average molecular weight is 270 g/mol. The third-order valence-corrected chi connectivity index (χ3v) is 3.30. The van der Waals surface area contributed by atoms with Gasteiger partial charge in [0.15, 0.2) is 0 Å². The van der Waals surface area contributed by atoms with Crippen LogP contribution >= 0.6 is 0 Å². The minimum absolute atomic E-state index is 0.106. The van der Waals surface area contributed by atoms with E-state index in [0.29, 0.717) is 18.7 Å². The second-order valence-electron chi connectivity index (χ2n) is 4.69. The number of benzene rings is 1. The van der Waals surface area contributed by atoms with Crippen LogP contribution in [0.1, 0.15) is 11.1 Å². The molecule has 0 saturated carbocycles. The number of nitrogens with zero attached hydrogens (tertiary/aromatic N) is 2.